The minimum absolute atomic E-state index is 0.00532. The number of phenolic OH excluding ortho intramolecular Hbond substituents is 1. The maximum Gasteiger partial charge on any atom is 0.249 e. The lowest BCUT2D eigenvalue weighted by Crippen LogP contribution is -2.37. The number of carbonyl (C=O) groups excluding carboxylic acids is 1. The molecule has 7 heteroatoms. The van der Waals surface area contributed by atoms with Gasteiger partial charge in [-0.3, -0.25) is 4.79 Å². The Bertz CT molecular complexity index is 1140. The zero-order valence-corrected chi connectivity index (χ0v) is 18.3. The van der Waals surface area contributed by atoms with Crippen molar-refractivity contribution < 1.29 is 14.6 Å². The molecule has 1 aromatic heterocycles. The highest BCUT2D eigenvalue weighted by Crippen LogP contribution is 2.33. The number of nitrogens with zero attached hydrogens (tertiary/aromatic N) is 3. The fraction of sp³-hybridized carbons (Fsp3) is 0.400. The van der Waals surface area contributed by atoms with E-state index in [1.54, 1.807) is 12.1 Å². The molecule has 166 valence electrons. The molecular weight excluding hydrogens is 404 g/mol. The van der Waals surface area contributed by atoms with Gasteiger partial charge in [-0.1, -0.05) is 18.2 Å². The molecule has 0 saturated carbocycles. The van der Waals surface area contributed by atoms with Crippen LogP contribution in [0.3, 0.4) is 0 Å². The predicted octanol–water partition coefficient (Wildman–Crippen LogP) is 3.43. The highest BCUT2D eigenvalue weighted by molar-refractivity contribution is 5.92. The Balaban J connectivity index is 1.39. The molecule has 0 unspecified atom stereocenters. The van der Waals surface area contributed by atoms with E-state index in [0.717, 1.165) is 54.6 Å². The van der Waals surface area contributed by atoms with Crippen molar-refractivity contribution in [2.45, 2.75) is 32.3 Å². The molecule has 2 aliphatic rings. The summed E-state index contributed by atoms with van der Waals surface area (Å²) in [6.45, 7) is 5.04. The van der Waals surface area contributed by atoms with Crippen molar-refractivity contribution in [2.75, 3.05) is 31.1 Å². The molecule has 3 heterocycles. The number of phenols is 1. The number of hydrogen-bond donors (Lipinski definition) is 2. The van der Waals surface area contributed by atoms with Crippen molar-refractivity contribution in [1.82, 2.24) is 15.3 Å². The topological polar surface area (TPSA) is 87.6 Å². The summed E-state index contributed by atoms with van der Waals surface area (Å²) in [6.07, 6.45) is 2.45. The van der Waals surface area contributed by atoms with Crippen LogP contribution in [0.15, 0.2) is 42.5 Å². The summed E-state index contributed by atoms with van der Waals surface area (Å²) in [7, 11) is 0. The fourth-order valence-corrected chi connectivity index (χ4v) is 4.58. The van der Waals surface area contributed by atoms with Crippen LogP contribution in [0, 0.1) is 12.8 Å². The van der Waals surface area contributed by atoms with Crippen molar-refractivity contribution in [2.24, 2.45) is 5.92 Å². The lowest BCUT2D eigenvalue weighted by Gasteiger charge is -2.21. The first-order valence-electron chi connectivity index (χ1n) is 11.3. The summed E-state index contributed by atoms with van der Waals surface area (Å²) >= 11 is 0. The van der Waals surface area contributed by atoms with E-state index in [2.05, 4.69) is 28.4 Å². The number of amides is 1. The van der Waals surface area contributed by atoms with Crippen LogP contribution < -0.4 is 10.2 Å². The van der Waals surface area contributed by atoms with E-state index < -0.39 is 0 Å². The number of anilines is 1. The molecule has 0 radical (unpaired) electrons. The van der Waals surface area contributed by atoms with Gasteiger partial charge in [0.1, 0.15) is 17.7 Å². The molecule has 2 aliphatic heterocycles. The Hall–Kier alpha value is -3.19. The molecule has 1 amide bonds. The first-order valence-corrected chi connectivity index (χ1v) is 11.3. The molecule has 5 rings (SSSR count). The van der Waals surface area contributed by atoms with E-state index in [0.29, 0.717) is 30.5 Å². The minimum Gasteiger partial charge on any atom is -0.507 e. The number of fused-ring (bicyclic) bond motifs is 1. The molecule has 32 heavy (non-hydrogen) atoms. The zero-order chi connectivity index (χ0) is 22.1. The third-order valence-corrected chi connectivity index (χ3v) is 6.35. The summed E-state index contributed by atoms with van der Waals surface area (Å²) in [5, 5.41) is 14.4. The van der Waals surface area contributed by atoms with Gasteiger partial charge in [0.2, 0.25) is 5.91 Å². The van der Waals surface area contributed by atoms with E-state index in [9.17, 15) is 9.90 Å². The van der Waals surface area contributed by atoms with Gasteiger partial charge in [-0.2, -0.15) is 0 Å². The monoisotopic (exact) mass is 432 g/mol. The van der Waals surface area contributed by atoms with Gasteiger partial charge in [0.15, 0.2) is 5.82 Å². The number of hydrogen-bond acceptors (Lipinski definition) is 6. The number of benzene rings is 2. The molecule has 0 aliphatic carbocycles. The van der Waals surface area contributed by atoms with Crippen LogP contribution in [0.25, 0.3) is 22.3 Å². The average molecular weight is 433 g/mol. The number of aromatic nitrogens is 2. The average Bonchev–Trinajstić information content (AvgIpc) is 3.49. The van der Waals surface area contributed by atoms with Crippen molar-refractivity contribution in [1.29, 1.82) is 0 Å². The van der Waals surface area contributed by atoms with Crippen molar-refractivity contribution >= 4 is 22.6 Å². The summed E-state index contributed by atoms with van der Waals surface area (Å²) in [6, 6.07) is 13.4. The van der Waals surface area contributed by atoms with Crippen LogP contribution in [0.1, 0.15) is 24.8 Å². The number of para-hydroxylation sites is 1. The number of aryl methyl sites for hydroxylation is 1. The molecule has 0 spiro atoms. The SMILES string of the molecule is Cc1ccc2c(N3CC[C@@H](CNC(=O)[C@H]4CCCO4)C3)nc(-c3ccccc3O)nc2c1. The Kier molecular flexibility index (Phi) is 5.66. The lowest BCUT2D eigenvalue weighted by molar-refractivity contribution is -0.130. The second kappa shape index (κ2) is 8.74. The first kappa shape index (κ1) is 20.7. The quantitative estimate of drug-likeness (QED) is 0.642. The van der Waals surface area contributed by atoms with Crippen LogP contribution in [-0.4, -0.2) is 53.3 Å². The molecule has 2 fully saturated rings. The van der Waals surface area contributed by atoms with Gasteiger partial charge in [0.05, 0.1) is 11.1 Å². The zero-order valence-electron chi connectivity index (χ0n) is 18.3. The normalized spacial score (nSPS) is 20.7. The third-order valence-electron chi connectivity index (χ3n) is 6.35. The Morgan fingerprint density at radius 2 is 2.09 bits per heavy atom. The van der Waals surface area contributed by atoms with Crippen molar-refractivity contribution in [3.63, 3.8) is 0 Å². The number of nitrogens with one attached hydrogen (secondary N) is 1. The highest BCUT2D eigenvalue weighted by Gasteiger charge is 2.28. The van der Waals surface area contributed by atoms with Crippen LogP contribution in [-0.2, 0) is 9.53 Å². The summed E-state index contributed by atoms with van der Waals surface area (Å²) < 4.78 is 5.48. The van der Waals surface area contributed by atoms with Gasteiger partial charge in [-0.05, 0) is 61.9 Å². The second-order valence-corrected chi connectivity index (χ2v) is 8.76. The van der Waals surface area contributed by atoms with Crippen LogP contribution >= 0.6 is 0 Å². The predicted molar refractivity (Wildman–Crippen MR) is 124 cm³/mol. The molecule has 2 saturated heterocycles. The molecule has 7 nitrogen and oxygen atoms in total. The van der Waals surface area contributed by atoms with E-state index in [4.69, 9.17) is 14.7 Å². The Morgan fingerprint density at radius 1 is 1.22 bits per heavy atom. The number of carbonyl (C=O) groups is 1. The van der Waals surface area contributed by atoms with Gasteiger partial charge in [0, 0.05) is 31.6 Å². The summed E-state index contributed by atoms with van der Waals surface area (Å²) in [5.41, 5.74) is 2.61. The molecule has 2 aromatic carbocycles. The Morgan fingerprint density at radius 3 is 2.91 bits per heavy atom. The smallest absolute Gasteiger partial charge is 0.249 e. The molecule has 0 bridgehead atoms. The molecule has 2 atom stereocenters. The summed E-state index contributed by atoms with van der Waals surface area (Å²) in [4.78, 5) is 24.2. The van der Waals surface area contributed by atoms with Crippen molar-refractivity contribution in [3.8, 4) is 17.1 Å². The maximum atomic E-state index is 12.3. The molecule has 3 aromatic rings. The van der Waals surface area contributed by atoms with Gasteiger partial charge >= 0.3 is 0 Å². The van der Waals surface area contributed by atoms with Crippen molar-refractivity contribution in [3.05, 3.63) is 48.0 Å². The standard InChI is InChI=1S/C25H28N4O3/c1-16-8-9-18-20(13-16)27-23(19-5-2-3-6-21(19)30)28-24(18)29-11-10-17(15-29)14-26-25(31)22-7-4-12-32-22/h2-3,5-6,8-9,13,17,22,30H,4,7,10-12,14-15H2,1H3,(H,26,31)/t17-,22+/m0/s1. The van der Waals surface area contributed by atoms with E-state index in [-0.39, 0.29) is 17.8 Å². The van der Waals surface area contributed by atoms with Gasteiger partial charge in [0.25, 0.3) is 0 Å². The third kappa shape index (κ3) is 4.12. The molecular formula is C25H28N4O3. The lowest BCUT2D eigenvalue weighted by atomic mass is 10.1. The second-order valence-electron chi connectivity index (χ2n) is 8.76. The van der Waals surface area contributed by atoms with Crippen LogP contribution in [0.4, 0.5) is 5.82 Å². The molecule has 2 N–H and O–H groups in total. The van der Waals surface area contributed by atoms with Gasteiger partial charge in [-0.25, -0.2) is 9.97 Å². The van der Waals surface area contributed by atoms with Gasteiger partial charge in [-0.15, -0.1) is 0 Å². The van der Waals surface area contributed by atoms with Crippen LogP contribution in [0.5, 0.6) is 5.75 Å². The summed E-state index contributed by atoms with van der Waals surface area (Å²) in [5.74, 6) is 1.92. The fourth-order valence-electron chi connectivity index (χ4n) is 4.58. The van der Waals surface area contributed by atoms with Crippen LogP contribution in [0.2, 0.25) is 0 Å². The van der Waals surface area contributed by atoms with E-state index in [1.807, 2.05) is 19.1 Å². The number of ether oxygens (including phenoxy) is 1. The first-order chi connectivity index (χ1) is 15.6. The highest BCUT2D eigenvalue weighted by atomic mass is 16.5. The maximum absolute atomic E-state index is 12.3. The van der Waals surface area contributed by atoms with E-state index >= 15 is 0 Å². The number of rotatable bonds is 5. The van der Waals surface area contributed by atoms with E-state index in [1.165, 1.54) is 0 Å². The number of aromatic hydroxyl groups is 1. The minimum atomic E-state index is -0.289. The van der Waals surface area contributed by atoms with Gasteiger partial charge < -0.3 is 20.1 Å². The Labute approximate surface area is 187 Å². The largest absolute Gasteiger partial charge is 0.507 e.